The number of amides is 1. The van der Waals surface area contributed by atoms with E-state index in [4.69, 9.17) is 0 Å². The van der Waals surface area contributed by atoms with Gasteiger partial charge in [-0.2, -0.15) is 10.2 Å². The molecule has 0 saturated heterocycles. The van der Waals surface area contributed by atoms with Crippen molar-refractivity contribution < 1.29 is 9.90 Å². The van der Waals surface area contributed by atoms with Crippen molar-refractivity contribution in [3.63, 3.8) is 0 Å². The minimum absolute atomic E-state index is 0.119. The lowest BCUT2D eigenvalue weighted by atomic mass is 10.1. The van der Waals surface area contributed by atoms with Crippen LogP contribution in [0.1, 0.15) is 35.2 Å². The summed E-state index contributed by atoms with van der Waals surface area (Å²) in [4.78, 5) is 14.5. The van der Waals surface area contributed by atoms with Crippen LogP contribution >= 0.6 is 0 Å². The predicted molar refractivity (Wildman–Crippen MR) is 104 cm³/mol. The highest BCUT2D eigenvalue weighted by Crippen LogP contribution is 2.21. The number of aromatic nitrogens is 4. The molecule has 1 atom stereocenters. The van der Waals surface area contributed by atoms with Crippen LogP contribution in [0, 0.1) is 6.92 Å². The summed E-state index contributed by atoms with van der Waals surface area (Å²) in [5.41, 5.74) is 3.77. The smallest absolute Gasteiger partial charge is 0.224 e. The van der Waals surface area contributed by atoms with Gasteiger partial charge in [0.05, 0.1) is 24.5 Å². The number of aryl methyl sites for hydroxylation is 2. The van der Waals surface area contributed by atoms with Gasteiger partial charge in [-0.1, -0.05) is 30.3 Å². The molecule has 7 heteroatoms. The molecule has 1 amide bonds. The number of hydrogen-bond acceptors (Lipinski definition) is 4. The lowest BCUT2D eigenvalue weighted by Crippen LogP contribution is -2.38. The third-order valence-electron chi connectivity index (χ3n) is 5.25. The van der Waals surface area contributed by atoms with Crippen LogP contribution in [-0.2, 0) is 30.8 Å². The average molecular weight is 379 g/mol. The molecule has 146 valence electrons. The van der Waals surface area contributed by atoms with Crippen molar-refractivity contribution in [3.05, 3.63) is 71.3 Å². The molecular formula is C21H25N5O2. The summed E-state index contributed by atoms with van der Waals surface area (Å²) in [6.07, 6.45) is 2.07. The van der Waals surface area contributed by atoms with Crippen molar-refractivity contribution in [3.8, 4) is 0 Å². The van der Waals surface area contributed by atoms with Gasteiger partial charge in [0.2, 0.25) is 5.91 Å². The van der Waals surface area contributed by atoms with E-state index >= 15 is 0 Å². The van der Waals surface area contributed by atoms with E-state index in [1.165, 1.54) is 0 Å². The van der Waals surface area contributed by atoms with Crippen LogP contribution in [0.2, 0.25) is 0 Å². The van der Waals surface area contributed by atoms with Crippen molar-refractivity contribution in [2.24, 2.45) is 0 Å². The number of carbonyl (C=O) groups excluding carboxylic acids is 1. The van der Waals surface area contributed by atoms with E-state index in [0.717, 1.165) is 17.0 Å². The summed E-state index contributed by atoms with van der Waals surface area (Å²) in [7, 11) is 0. The van der Waals surface area contributed by atoms with Crippen LogP contribution in [-0.4, -0.2) is 42.0 Å². The average Bonchev–Trinajstić information content (AvgIpc) is 3.32. The fourth-order valence-electron chi connectivity index (χ4n) is 3.60. The molecule has 0 saturated carbocycles. The third kappa shape index (κ3) is 3.99. The number of hydrogen-bond donors (Lipinski definition) is 1. The Morgan fingerprint density at radius 3 is 2.79 bits per heavy atom. The second-order valence-electron chi connectivity index (χ2n) is 7.25. The van der Waals surface area contributed by atoms with Crippen LogP contribution in [0.25, 0.3) is 0 Å². The monoisotopic (exact) mass is 379 g/mol. The fraction of sp³-hybridized carbons (Fsp3) is 0.381. The maximum absolute atomic E-state index is 12.6. The predicted octanol–water partition coefficient (Wildman–Crippen LogP) is 2.10. The lowest BCUT2D eigenvalue weighted by molar-refractivity contribution is -0.133. The molecule has 4 rings (SSSR count). The molecule has 1 unspecified atom stereocenters. The summed E-state index contributed by atoms with van der Waals surface area (Å²) >= 11 is 0. The fourth-order valence-corrected chi connectivity index (χ4v) is 3.60. The van der Waals surface area contributed by atoms with Gasteiger partial charge in [-0.3, -0.25) is 14.2 Å². The van der Waals surface area contributed by atoms with Gasteiger partial charge in [0.15, 0.2) is 0 Å². The van der Waals surface area contributed by atoms with E-state index in [2.05, 4.69) is 10.2 Å². The molecule has 0 bridgehead atoms. The molecule has 1 aromatic carbocycles. The Bertz CT molecular complexity index is 947. The van der Waals surface area contributed by atoms with Gasteiger partial charge in [0.25, 0.3) is 0 Å². The molecule has 1 N–H and O–H groups in total. The van der Waals surface area contributed by atoms with Crippen molar-refractivity contribution in [2.75, 3.05) is 6.54 Å². The van der Waals surface area contributed by atoms with Gasteiger partial charge in [-0.15, -0.1) is 0 Å². The molecule has 0 fully saturated rings. The van der Waals surface area contributed by atoms with Gasteiger partial charge >= 0.3 is 0 Å². The lowest BCUT2D eigenvalue weighted by Gasteiger charge is -2.27. The van der Waals surface area contributed by atoms with Gasteiger partial charge in [0, 0.05) is 37.8 Å². The van der Waals surface area contributed by atoms with E-state index < -0.39 is 6.10 Å². The molecule has 0 spiro atoms. The Kier molecular flexibility index (Phi) is 5.25. The first-order valence-corrected chi connectivity index (χ1v) is 9.65. The van der Waals surface area contributed by atoms with E-state index in [1.807, 2.05) is 63.7 Å². The first-order chi connectivity index (χ1) is 13.6. The number of aliphatic hydroxyl groups is 1. The van der Waals surface area contributed by atoms with Gasteiger partial charge in [0.1, 0.15) is 6.10 Å². The Labute approximate surface area is 164 Å². The van der Waals surface area contributed by atoms with Crippen molar-refractivity contribution in [1.82, 2.24) is 24.5 Å². The quantitative estimate of drug-likeness (QED) is 0.712. The molecule has 3 heterocycles. The van der Waals surface area contributed by atoms with Crippen molar-refractivity contribution in [2.45, 2.75) is 45.5 Å². The van der Waals surface area contributed by atoms with E-state index in [-0.39, 0.29) is 5.91 Å². The van der Waals surface area contributed by atoms with Crippen molar-refractivity contribution in [1.29, 1.82) is 0 Å². The van der Waals surface area contributed by atoms with Crippen molar-refractivity contribution >= 4 is 5.91 Å². The summed E-state index contributed by atoms with van der Waals surface area (Å²) in [5.74, 6) is 0.119. The number of rotatable bonds is 6. The Morgan fingerprint density at radius 1 is 1.21 bits per heavy atom. The minimum atomic E-state index is -0.646. The highest BCUT2D eigenvalue weighted by atomic mass is 16.3. The van der Waals surface area contributed by atoms with Gasteiger partial charge < -0.3 is 10.0 Å². The molecule has 1 aliphatic rings. The first-order valence-electron chi connectivity index (χ1n) is 9.65. The van der Waals surface area contributed by atoms with Gasteiger partial charge in [-0.05, 0) is 24.6 Å². The molecule has 28 heavy (non-hydrogen) atoms. The molecule has 3 aromatic rings. The molecule has 1 aliphatic heterocycles. The second kappa shape index (κ2) is 7.98. The standard InChI is InChI=1S/C21H25N5O2/c1-16-7-9-22-25(16)10-8-21(28)24-11-12-26-18(15-24)14-19(23-26)20(27)13-17-5-3-2-4-6-17/h2-7,9,14,20,27H,8,10-13,15H2,1H3. The molecule has 7 nitrogen and oxygen atoms in total. The zero-order valence-corrected chi connectivity index (χ0v) is 16.0. The molecule has 0 radical (unpaired) electrons. The Balaban J connectivity index is 1.37. The minimum Gasteiger partial charge on any atom is -0.386 e. The number of fused-ring (bicyclic) bond motifs is 1. The number of carbonyl (C=O) groups is 1. The maximum atomic E-state index is 12.6. The zero-order chi connectivity index (χ0) is 19.5. The second-order valence-corrected chi connectivity index (χ2v) is 7.25. The highest BCUT2D eigenvalue weighted by molar-refractivity contribution is 5.76. The molecule has 0 aliphatic carbocycles. The SMILES string of the molecule is Cc1ccnn1CCC(=O)N1CCn2nc(C(O)Cc3ccccc3)cc2C1. The van der Waals surface area contributed by atoms with E-state index in [1.54, 1.807) is 6.20 Å². The van der Waals surface area contributed by atoms with Crippen LogP contribution < -0.4 is 0 Å². The third-order valence-corrected chi connectivity index (χ3v) is 5.25. The molecule has 2 aromatic heterocycles. The van der Waals surface area contributed by atoms with E-state index in [0.29, 0.717) is 44.7 Å². The molecular weight excluding hydrogens is 354 g/mol. The van der Waals surface area contributed by atoms with Crippen LogP contribution in [0.15, 0.2) is 48.7 Å². The van der Waals surface area contributed by atoms with Crippen LogP contribution in [0.4, 0.5) is 0 Å². The number of nitrogens with zero attached hydrogens (tertiary/aromatic N) is 5. The zero-order valence-electron chi connectivity index (χ0n) is 16.0. The summed E-state index contributed by atoms with van der Waals surface area (Å²) in [6, 6.07) is 13.8. The number of aliphatic hydroxyl groups excluding tert-OH is 1. The Morgan fingerprint density at radius 2 is 2.04 bits per heavy atom. The summed E-state index contributed by atoms with van der Waals surface area (Å²) in [5, 5.41) is 19.3. The summed E-state index contributed by atoms with van der Waals surface area (Å²) in [6.45, 7) is 4.40. The highest BCUT2D eigenvalue weighted by Gasteiger charge is 2.24. The summed E-state index contributed by atoms with van der Waals surface area (Å²) < 4.78 is 3.76. The first kappa shape index (κ1) is 18.4. The Hall–Kier alpha value is -2.93. The van der Waals surface area contributed by atoms with Crippen LogP contribution in [0.5, 0.6) is 0 Å². The van der Waals surface area contributed by atoms with Gasteiger partial charge in [-0.25, -0.2) is 0 Å². The largest absolute Gasteiger partial charge is 0.386 e. The topological polar surface area (TPSA) is 76.2 Å². The van der Waals surface area contributed by atoms with E-state index in [9.17, 15) is 9.90 Å². The normalized spacial score (nSPS) is 14.7. The maximum Gasteiger partial charge on any atom is 0.224 e. The number of benzene rings is 1. The van der Waals surface area contributed by atoms with Crippen LogP contribution in [0.3, 0.4) is 0 Å².